The molecular weight excluding hydrogens is 550 g/mol. The van der Waals surface area contributed by atoms with Crippen LogP contribution in [0.15, 0.2) is 62.0 Å². The summed E-state index contributed by atoms with van der Waals surface area (Å²) in [5.41, 5.74) is 2.30. The third-order valence-corrected chi connectivity index (χ3v) is 7.95. The summed E-state index contributed by atoms with van der Waals surface area (Å²) >= 11 is 10.4. The fourth-order valence-electron chi connectivity index (χ4n) is 3.20. The van der Waals surface area contributed by atoms with E-state index in [9.17, 15) is 13.8 Å². The minimum absolute atomic E-state index is 0.204. The van der Waals surface area contributed by atoms with Crippen molar-refractivity contribution in [1.82, 2.24) is 14.3 Å². The lowest BCUT2D eigenvalue weighted by atomic mass is 10.2. The fraction of sp³-hybridized carbons (Fsp3) is 0.0952. The van der Waals surface area contributed by atoms with Gasteiger partial charge in [0.05, 0.1) is 26.6 Å². The Kier molecular flexibility index (Phi) is 6.84. The van der Waals surface area contributed by atoms with Crippen molar-refractivity contribution in [3.05, 3.63) is 73.5 Å². The first-order chi connectivity index (χ1) is 15.8. The highest BCUT2D eigenvalue weighted by Gasteiger charge is 2.14. The number of halogens is 2. The van der Waals surface area contributed by atoms with Gasteiger partial charge in [-0.25, -0.2) is 14.0 Å². The van der Waals surface area contributed by atoms with E-state index in [2.05, 4.69) is 36.3 Å². The molecule has 0 saturated heterocycles. The van der Waals surface area contributed by atoms with Crippen molar-refractivity contribution in [1.29, 1.82) is 0 Å². The molecule has 170 valence electrons. The Balaban J connectivity index is 1.56. The van der Waals surface area contributed by atoms with Gasteiger partial charge in [0.2, 0.25) is 0 Å². The summed E-state index contributed by atoms with van der Waals surface area (Å²) in [6.45, 7) is 1.76. The number of aromatic nitrogens is 2. The molecule has 3 N–H and O–H groups in total. The van der Waals surface area contributed by atoms with Crippen LogP contribution in [0, 0.1) is 6.92 Å². The zero-order valence-electron chi connectivity index (χ0n) is 17.3. The Morgan fingerprint density at radius 2 is 1.91 bits per heavy atom. The molecule has 4 rings (SSSR count). The Morgan fingerprint density at radius 3 is 2.55 bits per heavy atom. The number of benzene rings is 2. The van der Waals surface area contributed by atoms with Crippen LogP contribution in [0.5, 0.6) is 0 Å². The van der Waals surface area contributed by atoms with Gasteiger partial charge in [0.1, 0.15) is 10.0 Å². The van der Waals surface area contributed by atoms with Gasteiger partial charge in [0.15, 0.2) is 11.0 Å². The third-order valence-electron chi connectivity index (χ3n) is 4.69. The molecule has 0 radical (unpaired) electrons. The van der Waals surface area contributed by atoms with Gasteiger partial charge in [-0.3, -0.25) is 14.1 Å². The summed E-state index contributed by atoms with van der Waals surface area (Å²) in [7, 11) is 0.0823. The molecule has 0 bridgehead atoms. The van der Waals surface area contributed by atoms with Crippen LogP contribution in [-0.2, 0) is 11.0 Å². The minimum atomic E-state index is -1.71. The molecule has 0 aliphatic heterocycles. The Hall–Kier alpha value is -2.73. The van der Waals surface area contributed by atoms with Crippen molar-refractivity contribution >= 4 is 78.2 Å². The first-order valence-corrected chi connectivity index (χ1v) is 12.7. The maximum absolute atomic E-state index is 13.2. The smallest absolute Gasteiger partial charge is 0.331 e. The number of nitrogens with zero attached hydrogens (tertiary/aromatic N) is 2. The largest absolute Gasteiger partial charge is 0.387 e. The lowest BCUT2D eigenvalue weighted by molar-refractivity contribution is 0.257. The zero-order valence-corrected chi connectivity index (χ0v) is 21.3. The molecule has 2 aromatic heterocycles. The Morgan fingerprint density at radius 1 is 1.18 bits per heavy atom. The van der Waals surface area contributed by atoms with Crippen LogP contribution in [0.2, 0.25) is 4.34 Å². The summed E-state index contributed by atoms with van der Waals surface area (Å²) < 4.78 is 17.7. The number of amides is 2. The van der Waals surface area contributed by atoms with Crippen molar-refractivity contribution < 1.29 is 9.00 Å². The van der Waals surface area contributed by atoms with Crippen LogP contribution >= 0.6 is 38.9 Å². The normalized spacial score (nSPS) is 11.9. The highest BCUT2D eigenvalue weighted by Crippen LogP contribution is 2.27. The zero-order chi connectivity index (χ0) is 23.7. The van der Waals surface area contributed by atoms with Crippen LogP contribution in [0.25, 0.3) is 16.6 Å². The number of carbonyl (C=O) groups is 1. The maximum Gasteiger partial charge on any atom is 0.331 e. The number of fused-ring (bicyclic) bond motifs is 1. The van der Waals surface area contributed by atoms with Crippen molar-refractivity contribution in [3.8, 4) is 5.69 Å². The van der Waals surface area contributed by atoms with Gasteiger partial charge >= 0.3 is 6.03 Å². The molecule has 8 nitrogen and oxygen atoms in total. The number of carbonyl (C=O) groups excluding carboxylic acids is 1. The SMILES string of the molecule is CNc1cc2nc(C)n(-c3ccc(NC(=O)NS(=O)c4ccc(Cl)s4)cc3)c(=O)c2cc1Br. The van der Waals surface area contributed by atoms with E-state index in [4.69, 9.17) is 11.6 Å². The lowest BCUT2D eigenvalue weighted by Crippen LogP contribution is -2.30. The summed E-state index contributed by atoms with van der Waals surface area (Å²) in [6, 6.07) is 12.8. The number of aryl methyl sites for hydroxylation is 1. The van der Waals surface area contributed by atoms with Crippen LogP contribution in [0.3, 0.4) is 0 Å². The molecule has 0 fully saturated rings. The number of nitrogens with one attached hydrogen (secondary N) is 3. The van der Waals surface area contributed by atoms with Gasteiger partial charge in [-0.05, 0) is 71.4 Å². The summed E-state index contributed by atoms with van der Waals surface area (Å²) in [5.74, 6) is 0.528. The van der Waals surface area contributed by atoms with Gasteiger partial charge in [-0.2, -0.15) is 0 Å². The number of rotatable bonds is 5. The molecule has 4 aromatic rings. The van der Waals surface area contributed by atoms with Gasteiger partial charge < -0.3 is 10.6 Å². The average Bonchev–Trinajstić information content (AvgIpc) is 3.21. The number of hydrogen-bond acceptors (Lipinski definition) is 6. The molecule has 0 aliphatic carbocycles. The van der Waals surface area contributed by atoms with E-state index in [0.29, 0.717) is 36.6 Å². The summed E-state index contributed by atoms with van der Waals surface area (Å²) in [5, 5.41) is 6.15. The molecule has 33 heavy (non-hydrogen) atoms. The molecule has 2 aromatic carbocycles. The Bertz CT molecular complexity index is 1450. The molecule has 0 aliphatic rings. The van der Waals surface area contributed by atoms with Crippen LogP contribution < -0.4 is 20.9 Å². The van der Waals surface area contributed by atoms with Gasteiger partial charge in [-0.1, -0.05) is 11.6 Å². The van der Waals surface area contributed by atoms with Gasteiger partial charge in [-0.15, -0.1) is 11.3 Å². The first kappa shape index (κ1) is 23.4. The number of thiophene rings is 1. The molecule has 12 heteroatoms. The highest BCUT2D eigenvalue weighted by atomic mass is 79.9. The van der Waals surface area contributed by atoms with E-state index < -0.39 is 17.0 Å². The number of anilines is 2. The highest BCUT2D eigenvalue weighted by molar-refractivity contribution is 9.10. The number of urea groups is 1. The second kappa shape index (κ2) is 9.64. The van der Waals surface area contributed by atoms with Crippen LogP contribution in [-0.4, -0.2) is 26.8 Å². The molecule has 2 heterocycles. The quantitative estimate of drug-likeness (QED) is 0.313. The Labute approximate surface area is 208 Å². The second-order valence-corrected chi connectivity index (χ2v) is 10.8. The monoisotopic (exact) mass is 565 g/mol. The molecule has 2 amide bonds. The molecule has 0 saturated carbocycles. The molecule has 1 atom stereocenters. The first-order valence-electron chi connectivity index (χ1n) is 9.52. The van der Waals surface area contributed by atoms with Crippen molar-refractivity contribution in [2.75, 3.05) is 17.7 Å². The van der Waals surface area contributed by atoms with E-state index >= 15 is 0 Å². The third kappa shape index (κ3) is 4.96. The van der Waals surface area contributed by atoms with E-state index in [1.165, 1.54) is 4.57 Å². The molecule has 1 unspecified atom stereocenters. The predicted octanol–water partition coefficient (Wildman–Crippen LogP) is 5.06. The lowest BCUT2D eigenvalue weighted by Gasteiger charge is -2.13. The number of hydrogen-bond donors (Lipinski definition) is 3. The van der Waals surface area contributed by atoms with Gasteiger partial charge in [0.25, 0.3) is 5.56 Å². The van der Waals surface area contributed by atoms with E-state index in [0.717, 1.165) is 21.5 Å². The van der Waals surface area contributed by atoms with Crippen LogP contribution in [0.4, 0.5) is 16.2 Å². The van der Waals surface area contributed by atoms with E-state index in [-0.39, 0.29) is 5.56 Å². The van der Waals surface area contributed by atoms with Gasteiger partial charge in [0, 0.05) is 17.2 Å². The second-order valence-electron chi connectivity index (χ2n) is 6.83. The standard InChI is InChI=1S/C21H17BrClN5O3S2/c1-11-25-16-10-17(24-2)15(22)9-14(16)20(29)28(11)13-5-3-12(4-6-13)26-21(30)27-33(31)19-8-7-18(23)32-19/h3-10,24H,1-2H3,(H2,26,27,30). The van der Waals surface area contributed by atoms with Crippen molar-refractivity contribution in [2.45, 2.75) is 11.1 Å². The summed E-state index contributed by atoms with van der Waals surface area (Å²) in [4.78, 5) is 29.9. The fourth-order valence-corrected chi connectivity index (χ4v) is 5.86. The van der Waals surface area contributed by atoms with E-state index in [1.807, 2.05) is 6.07 Å². The van der Waals surface area contributed by atoms with Crippen molar-refractivity contribution in [3.63, 3.8) is 0 Å². The molecular formula is C21H17BrClN5O3S2. The predicted molar refractivity (Wildman–Crippen MR) is 137 cm³/mol. The van der Waals surface area contributed by atoms with Crippen LogP contribution in [0.1, 0.15) is 5.82 Å². The topological polar surface area (TPSA) is 105 Å². The molecule has 0 spiro atoms. The average molecular weight is 567 g/mol. The van der Waals surface area contributed by atoms with Crippen molar-refractivity contribution in [2.24, 2.45) is 0 Å². The maximum atomic E-state index is 13.2. The summed E-state index contributed by atoms with van der Waals surface area (Å²) in [6.07, 6.45) is 0. The minimum Gasteiger partial charge on any atom is -0.387 e. The van der Waals surface area contributed by atoms with E-state index in [1.54, 1.807) is 56.4 Å².